The summed E-state index contributed by atoms with van der Waals surface area (Å²) in [6, 6.07) is 15.0. The molecule has 1 fully saturated rings. The summed E-state index contributed by atoms with van der Waals surface area (Å²) in [6.07, 6.45) is 2.25. The Kier molecular flexibility index (Phi) is 6.98. The van der Waals surface area contributed by atoms with Crippen molar-refractivity contribution in [1.82, 2.24) is 9.88 Å². The Morgan fingerprint density at radius 1 is 0.974 bits per heavy atom. The van der Waals surface area contributed by atoms with E-state index in [0.717, 1.165) is 16.5 Å². The summed E-state index contributed by atoms with van der Waals surface area (Å²) >= 11 is 0. The van der Waals surface area contributed by atoms with Crippen LogP contribution >= 0.6 is 0 Å². The number of hydrogen-bond acceptors (Lipinski definition) is 6. The van der Waals surface area contributed by atoms with Gasteiger partial charge in [0.05, 0.1) is 32.9 Å². The van der Waals surface area contributed by atoms with Crippen LogP contribution in [0.25, 0.3) is 16.7 Å². The van der Waals surface area contributed by atoms with Crippen LogP contribution in [0.5, 0.6) is 17.2 Å². The zero-order valence-electron chi connectivity index (χ0n) is 21.7. The summed E-state index contributed by atoms with van der Waals surface area (Å²) in [5.41, 5.74) is 2.33. The third-order valence-electron chi connectivity index (χ3n) is 6.96. The highest BCUT2D eigenvalue weighted by molar-refractivity contribution is 6.46. The molecule has 8 nitrogen and oxygen atoms in total. The van der Waals surface area contributed by atoms with Crippen LogP contribution in [0.15, 0.2) is 72.4 Å². The van der Waals surface area contributed by atoms with E-state index < -0.39 is 23.5 Å². The van der Waals surface area contributed by atoms with Crippen LogP contribution in [0.2, 0.25) is 0 Å². The molecule has 1 aliphatic heterocycles. The van der Waals surface area contributed by atoms with Crippen molar-refractivity contribution in [3.05, 3.63) is 94.9 Å². The number of ether oxygens (including phenoxy) is 3. The molecule has 2 N–H and O–H groups in total. The van der Waals surface area contributed by atoms with Crippen molar-refractivity contribution in [2.45, 2.75) is 12.5 Å². The SMILES string of the molecule is COc1ccc2[nH]cc(CCN3C(=O)C(=O)/C(=C(\O)c4ccc(OC)c(OC)c4)C3c3cccc(F)c3)c2c1. The number of fused-ring (bicyclic) bond motifs is 1. The number of aliphatic hydroxyl groups excluding tert-OH is 1. The number of carbonyl (C=O) groups is 2. The molecule has 200 valence electrons. The van der Waals surface area contributed by atoms with Gasteiger partial charge in [-0.15, -0.1) is 0 Å². The van der Waals surface area contributed by atoms with E-state index >= 15 is 0 Å². The van der Waals surface area contributed by atoms with Crippen LogP contribution in [0, 0.1) is 5.82 Å². The Hall–Kier alpha value is -4.79. The summed E-state index contributed by atoms with van der Waals surface area (Å²) in [7, 11) is 4.52. The molecule has 0 aliphatic carbocycles. The Labute approximate surface area is 224 Å². The number of ketones is 1. The summed E-state index contributed by atoms with van der Waals surface area (Å²) in [5, 5.41) is 12.3. The first kappa shape index (κ1) is 25.8. The number of benzene rings is 3. The van der Waals surface area contributed by atoms with Crippen molar-refractivity contribution in [3.63, 3.8) is 0 Å². The van der Waals surface area contributed by atoms with Crippen LogP contribution < -0.4 is 14.2 Å². The lowest BCUT2D eigenvalue weighted by Crippen LogP contribution is -2.31. The molecule has 1 atom stereocenters. The molecule has 0 spiro atoms. The van der Waals surface area contributed by atoms with Crippen LogP contribution in [-0.4, -0.2) is 54.6 Å². The topological polar surface area (TPSA) is 101 Å². The molecule has 1 amide bonds. The number of carbonyl (C=O) groups excluding carboxylic acids is 2. The van der Waals surface area contributed by atoms with Gasteiger partial charge in [-0.2, -0.15) is 0 Å². The number of halogens is 1. The molecule has 2 heterocycles. The maximum absolute atomic E-state index is 14.3. The summed E-state index contributed by atoms with van der Waals surface area (Å²) in [5.74, 6) is -1.06. The second-order valence-electron chi connectivity index (χ2n) is 9.09. The molecule has 3 aromatic carbocycles. The second-order valence-corrected chi connectivity index (χ2v) is 9.09. The lowest BCUT2D eigenvalue weighted by molar-refractivity contribution is -0.139. The number of H-pyrrole nitrogens is 1. The molecule has 4 aromatic rings. The van der Waals surface area contributed by atoms with Crippen LogP contribution in [-0.2, 0) is 16.0 Å². The van der Waals surface area contributed by atoms with Crippen molar-refractivity contribution >= 4 is 28.4 Å². The minimum Gasteiger partial charge on any atom is -0.507 e. The molecule has 39 heavy (non-hydrogen) atoms. The highest BCUT2D eigenvalue weighted by atomic mass is 19.1. The fourth-order valence-corrected chi connectivity index (χ4v) is 5.01. The number of methoxy groups -OCH3 is 3. The van der Waals surface area contributed by atoms with Gasteiger partial charge in [-0.05, 0) is 66.1 Å². The Morgan fingerprint density at radius 2 is 1.77 bits per heavy atom. The Balaban J connectivity index is 1.57. The van der Waals surface area contributed by atoms with E-state index in [1.807, 2.05) is 24.4 Å². The number of nitrogens with one attached hydrogen (secondary N) is 1. The predicted octanol–water partition coefficient (Wildman–Crippen LogP) is 5.00. The lowest BCUT2D eigenvalue weighted by atomic mass is 9.95. The zero-order chi connectivity index (χ0) is 27.7. The van der Waals surface area contributed by atoms with Gasteiger partial charge < -0.3 is 29.2 Å². The molecular weight excluding hydrogens is 503 g/mol. The number of amides is 1. The molecule has 5 rings (SSSR count). The summed E-state index contributed by atoms with van der Waals surface area (Å²) in [4.78, 5) is 31.3. The molecule has 0 saturated carbocycles. The number of hydrogen-bond donors (Lipinski definition) is 2. The first-order valence-electron chi connectivity index (χ1n) is 12.3. The lowest BCUT2D eigenvalue weighted by Gasteiger charge is -2.25. The summed E-state index contributed by atoms with van der Waals surface area (Å²) in [6.45, 7) is 0.151. The van der Waals surface area contributed by atoms with E-state index in [2.05, 4.69) is 4.98 Å². The van der Waals surface area contributed by atoms with E-state index in [1.165, 1.54) is 43.4 Å². The van der Waals surface area contributed by atoms with Gasteiger partial charge in [0, 0.05) is 29.2 Å². The number of nitrogens with zero attached hydrogens (tertiary/aromatic N) is 1. The van der Waals surface area contributed by atoms with Crippen LogP contribution in [0.1, 0.15) is 22.7 Å². The quantitative estimate of drug-likeness (QED) is 0.189. The second kappa shape index (κ2) is 10.5. The smallest absolute Gasteiger partial charge is 0.295 e. The van der Waals surface area contributed by atoms with Gasteiger partial charge in [-0.25, -0.2) is 4.39 Å². The number of likely N-dealkylation sites (tertiary alicyclic amines) is 1. The predicted molar refractivity (Wildman–Crippen MR) is 144 cm³/mol. The van der Waals surface area contributed by atoms with Gasteiger partial charge in [0.2, 0.25) is 0 Å². The first-order chi connectivity index (χ1) is 18.9. The van der Waals surface area contributed by atoms with Crippen LogP contribution in [0.4, 0.5) is 4.39 Å². The Morgan fingerprint density at radius 3 is 2.49 bits per heavy atom. The van der Waals surface area contributed by atoms with Gasteiger partial charge in [-0.3, -0.25) is 9.59 Å². The van der Waals surface area contributed by atoms with Gasteiger partial charge in [0.1, 0.15) is 17.3 Å². The average Bonchev–Trinajstić information content (AvgIpc) is 3.48. The molecule has 0 radical (unpaired) electrons. The van der Waals surface area contributed by atoms with E-state index in [1.54, 1.807) is 25.3 Å². The fourth-order valence-electron chi connectivity index (χ4n) is 5.01. The minimum absolute atomic E-state index is 0.126. The third kappa shape index (κ3) is 4.67. The van der Waals surface area contributed by atoms with E-state index in [-0.39, 0.29) is 23.4 Å². The normalized spacial score (nSPS) is 16.6. The monoisotopic (exact) mass is 530 g/mol. The van der Waals surface area contributed by atoms with Gasteiger partial charge in [-0.1, -0.05) is 12.1 Å². The number of Topliss-reactive ketones (excluding diaryl/α,β-unsaturated/α-hetero) is 1. The van der Waals surface area contributed by atoms with Gasteiger partial charge in [0.15, 0.2) is 11.5 Å². The molecule has 1 aromatic heterocycles. The highest BCUT2D eigenvalue weighted by Crippen LogP contribution is 2.41. The number of rotatable bonds is 8. The van der Waals surface area contributed by atoms with E-state index in [4.69, 9.17) is 14.2 Å². The fraction of sp³-hybridized carbons (Fsp3) is 0.200. The molecular formula is C30H27FN2O6. The standard InChI is InChI=1S/C30H27FN2O6/c1-37-21-8-9-23-22(15-21)19(16-32-23)11-12-33-27(17-5-4-6-20(31)13-17)26(29(35)30(33)36)28(34)18-7-10-24(38-2)25(14-18)39-3/h4-10,13-16,27,32,34H,11-12H2,1-3H3/b28-26-. The number of aromatic nitrogens is 1. The largest absolute Gasteiger partial charge is 0.507 e. The Bertz CT molecular complexity index is 1610. The zero-order valence-corrected chi connectivity index (χ0v) is 21.7. The maximum atomic E-state index is 14.3. The van der Waals surface area contributed by atoms with Gasteiger partial charge in [0.25, 0.3) is 11.7 Å². The van der Waals surface area contributed by atoms with E-state index in [0.29, 0.717) is 29.2 Å². The van der Waals surface area contributed by atoms with Crippen molar-refractivity contribution in [2.24, 2.45) is 0 Å². The molecule has 0 bridgehead atoms. The molecule has 1 saturated heterocycles. The maximum Gasteiger partial charge on any atom is 0.295 e. The van der Waals surface area contributed by atoms with Crippen molar-refractivity contribution < 1.29 is 33.3 Å². The highest BCUT2D eigenvalue weighted by Gasteiger charge is 2.46. The average molecular weight is 531 g/mol. The van der Waals surface area contributed by atoms with E-state index in [9.17, 15) is 19.1 Å². The summed E-state index contributed by atoms with van der Waals surface area (Å²) < 4.78 is 30.3. The molecule has 1 unspecified atom stereocenters. The van der Waals surface area contributed by atoms with Crippen molar-refractivity contribution in [3.8, 4) is 17.2 Å². The molecule has 1 aliphatic rings. The number of aliphatic hydroxyl groups is 1. The number of aromatic amines is 1. The van der Waals surface area contributed by atoms with Gasteiger partial charge >= 0.3 is 0 Å². The van der Waals surface area contributed by atoms with Crippen LogP contribution in [0.3, 0.4) is 0 Å². The van der Waals surface area contributed by atoms with Crippen molar-refractivity contribution in [1.29, 1.82) is 0 Å². The van der Waals surface area contributed by atoms with Crippen molar-refractivity contribution in [2.75, 3.05) is 27.9 Å². The third-order valence-corrected chi connectivity index (χ3v) is 6.96. The molecule has 9 heteroatoms. The minimum atomic E-state index is -0.992. The first-order valence-corrected chi connectivity index (χ1v) is 12.3.